The average molecular weight is 289 g/mol. The minimum absolute atomic E-state index is 0.0378. The highest BCUT2D eigenvalue weighted by atomic mass is 19.4. The molecular weight excluding hydrogens is 271 g/mol. The summed E-state index contributed by atoms with van der Waals surface area (Å²) < 4.78 is 39.4. The molecule has 5 nitrogen and oxygen atoms in total. The Morgan fingerprint density at radius 2 is 2.20 bits per heavy atom. The molecule has 2 N–H and O–H groups in total. The van der Waals surface area contributed by atoms with Gasteiger partial charge in [-0.1, -0.05) is 6.08 Å². The summed E-state index contributed by atoms with van der Waals surface area (Å²) in [6, 6.07) is 0. The van der Waals surface area contributed by atoms with Crippen molar-refractivity contribution in [1.29, 1.82) is 0 Å². The van der Waals surface area contributed by atoms with Crippen LogP contribution in [0.2, 0.25) is 0 Å². The lowest BCUT2D eigenvalue weighted by molar-refractivity contribution is -0.142. The summed E-state index contributed by atoms with van der Waals surface area (Å²) in [6.45, 7) is 6.41. The molecule has 0 aromatic carbocycles. The van der Waals surface area contributed by atoms with Gasteiger partial charge in [0.15, 0.2) is 11.7 Å². The van der Waals surface area contributed by atoms with E-state index in [4.69, 9.17) is 0 Å². The standard InChI is InChI=1S/C12H18F3N5/c1-4-6-17-11(16-5-2)18-7-9-8-20(3)19-10(9)12(13,14)15/h4,8H,1,5-7H2,2-3H3,(H2,16,17,18). The largest absolute Gasteiger partial charge is 0.435 e. The second-order valence-corrected chi connectivity index (χ2v) is 4.04. The number of nitrogens with one attached hydrogen (secondary N) is 2. The van der Waals surface area contributed by atoms with Crippen molar-refractivity contribution in [2.75, 3.05) is 13.1 Å². The molecule has 0 aliphatic carbocycles. The first-order chi connectivity index (χ1) is 9.38. The van der Waals surface area contributed by atoms with Gasteiger partial charge in [0.05, 0.1) is 6.54 Å². The smallest absolute Gasteiger partial charge is 0.357 e. The van der Waals surface area contributed by atoms with E-state index in [2.05, 4.69) is 27.3 Å². The number of alkyl halides is 3. The molecule has 0 fully saturated rings. The first-order valence-corrected chi connectivity index (χ1v) is 6.11. The number of hydrogen-bond acceptors (Lipinski definition) is 2. The van der Waals surface area contributed by atoms with Crippen LogP contribution in [0.25, 0.3) is 0 Å². The molecule has 0 spiro atoms. The van der Waals surface area contributed by atoms with Crippen LogP contribution < -0.4 is 10.6 Å². The molecular formula is C12H18F3N5. The Morgan fingerprint density at radius 1 is 1.50 bits per heavy atom. The second kappa shape index (κ2) is 6.97. The van der Waals surface area contributed by atoms with E-state index in [9.17, 15) is 13.2 Å². The number of halogens is 3. The van der Waals surface area contributed by atoms with Crippen LogP contribution in [0.15, 0.2) is 23.8 Å². The molecule has 8 heteroatoms. The fourth-order valence-electron chi connectivity index (χ4n) is 1.57. The zero-order valence-electron chi connectivity index (χ0n) is 11.5. The highest BCUT2D eigenvalue weighted by Gasteiger charge is 2.36. The zero-order chi connectivity index (χ0) is 15.2. The van der Waals surface area contributed by atoms with E-state index >= 15 is 0 Å². The van der Waals surface area contributed by atoms with Crippen LogP contribution >= 0.6 is 0 Å². The molecule has 0 saturated carbocycles. The third-order valence-corrected chi connectivity index (χ3v) is 2.34. The van der Waals surface area contributed by atoms with Gasteiger partial charge >= 0.3 is 6.18 Å². The Hall–Kier alpha value is -1.99. The first-order valence-electron chi connectivity index (χ1n) is 6.11. The predicted molar refractivity (Wildman–Crippen MR) is 71.2 cm³/mol. The Labute approximate surface area is 115 Å². The van der Waals surface area contributed by atoms with Crippen LogP contribution in [-0.4, -0.2) is 28.8 Å². The predicted octanol–water partition coefficient (Wildman–Crippen LogP) is 1.68. The molecule has 0 unspecified atom stereocenters. The van der Waals surface area contributed by atoms with Gasteiger partial charge < -0.3 is 10.6 Å². The Kier molecular flexibility index (Phi) is 5.60. The van der Waals surface area contributed by atoms with E-state index < -0.39 is 11.9 Å². The maximum absolute atomic E-state index is 12.8. The number of guanidine groups is 1. The Morgan fingerprint density at radius 3 is 2.75 bits per heavy atom. The van der Waals surface area contributed by atoms with Crippen molar-refractivity contribution < 1.29 is 13.2 Å². The van der Waals surface area contributed by atoms with Crippen molar-refractivity contribution in [1.82, 2.24) is 20.4 Å². The topological polar surface area (TPSA) is 54.2 Å². The molecule has 1 heterocycles. The van der Waals surface area contributed by atoms with E-state index in [0.29, 0.717) is 19.0 Å². The maximum atomic E-state index is 12.8. The van der Waals surface area contributed by atoms with Crippen molar-refractivity contribution in [3.05, 3.63) is 30.1 Å². The lowest BCUT2D eigenvalue weighted by Gasteiger charge is -2.09. The third kappa shape index (κ3) is 4.60. The highest BCUT2D eigenvalue weighted by Crippen LogP contribution is 2.30. The van der Waals surface area contributed by atoms with Crippen molar-refractivity contribution in [3.63, 3.8) is 0 Å². The van der Waals surface area contributed by atoms with Crippen molar-refractivity contribution in [3.8, 4) is 0 Å². The van der Waals surface area contributed by atoms with Crippen molar-refractivity contribution >= 4 is 5.96 Å². The minimum Gasteiger partial charge on any atom is -0.357 e. The number of aliphatic imine (C=N–C) groups is 1. The molecule has 0 radical (unpaired) electrons. The van der Waals surface area contributed by atoms with Crippen LogP contribution in [-0.2, 0) is 19.8 Å². The number of rotatable bonds is 5. The van der Waals surface area contributed by atoms with Crippen LogP contribution in [0.3, 0.4) is 0 Å². The maximum Gasteiger partial charge on any atom is 0.435 e. The average Bonchev–Trinajstić information content (AvgIpc) is 2.74. The molecule has 0 bridgehead atoms. The van der Waals surface area contributed by atoms with Crippen LogP contribution in [0.4, 0.5) is 13.2 Å². The van der Waals surface area contributed by atoms with Crippen molar-refractivity contribution in [2.45, 2.75) is 19.6 Å². The number of aryl methyl sites for hydroxylation is 1. The fraction of sp³-hybridized carbons (Fsp3) is 0.500. The van der Waals surface area contributed by atoms with Gasteiger partial charge in [0.1, 0.15) is 0 Å². The van der Waals surface area contributed by atoms with Gasteiger partial charge in [0.2, 0.25) is 0 Å². The zero-order valence-corrected chi connectivity index (χ0v) is 11.5. The van der Waals surface area contributed by atoms with E-state index in [0.717, 1.165) is 4.68 Å². The fourth-order valence-corrected chi connectivity index (χ4v) is 1.57. The lowest BCUT2D eigenvalue weighted by atomic mass is 10.2. The first kappa shape index (κ1) is 16.1. The van der Waals surface area contributed by atoms with Crippen LogP contribution in [0.5, 0.6) is 0 Å². The second-order valence-electron chi connectivity index (χ2n) is 4.04. The molecule has 112 valence electrons. The molecule has 1 rings (SSSR count). The summed E-state index contributed by atoms with van der Waals surface area (Å²) in [4.78, 5) is 4.10. The van der Waals surface area contributed by atoms with E-state index in [1.54, 1.807) is 6.08 Å². The van der Waals surface area contributed by atoms with E-state index in [-0.39, 0.29) is 12.1 Å². The molecule has 20 heavy (non-hydrogen) atoms. The van der Waals surface area contributed by atoms with Gasteiger partial charge in [-0.3, -0.25) is 4.68 Å². The molecule has 0 amide bonds. The third-order valence-electron chi connectivity index (χ3n) is 2.34. The van der Waals surface area contributed by atoms with Gasteiger partial charge in [-0.05, 0) is 6.92 Å². The minimum atomic E-state index is -4.47. The van der Waals surface area contributed by atoms with Gasteiger partial charge in [-0.25, -0.2) is 4.99 Å². The summed E-state index contributed by atoms with van der Waals surface area (Å²) in [5.74, 6) is 0.435. The Bertz CT molecular complexity index is 476. The molecule has 0 aliphatic rings. The van der Waals surface area contributed by atoms with Crippen molar-refractivity contribution in [2.24, 2.45) is 12.0 Å². The molecule has 1 aromatic heterocycles. The summed E-state index contributed by atoms with van der Waals surface area (Å²) in [6.07, 6.45) is -1.51. The highest BCUT2D eigenvalue weighted by molar-refractivity contribution is 5.79. The molecule has 0 saturated heterocycles. The normalized spacial score (nSPS) is 12.3. The van der Waals surface area contributed by atoms with Crippen LogP contribution in [0.1, 0.15) is 18.2 Å². The van der Waals surface area contributed by atoms with Gasteiger partial charge in [0.25, 0.3) is 0 Å². The summed E-state index contributed by atoms with van der Waals surface area (Å²) in [5.41, 5.74) is -0.862. The molecule has 1 aromatic rings. The van der Waals surface area contributed by atoms with E-state index in [1.807, 2.05) is 6.92 Å². The SMILES string of the molecule is C=CCNC(=NCc1cn(C)nc1C(F)(F)F)NCC. The van der Waals surface area contributed by atoms with Crippen LogP contribution in [0, 0.1) is 0 Å². The van der Waals surface area contributed by atoms with Gasteiger partial charge in [0, 0.05) is 31.9 Å². The summed E-state index contributed by atoms with van der Waals surface area (Å²) >= 11 is 0. The quantitative estimate of drug-likeness (QED) is 0.492. The van der Waals surface area contributed by atoms with E-state index in [1.165, 1.54) is 13.2 Å². The number of hydrogen-bond donors (Lipinski definition) is 2. The van der Waals surface area contributed by atoms with Gasteiger partial charge in [-0.2, -0.15) is 18.3 Å². The molecule has 0 atom stereocenters. The lowest BCUT2D eigenvalue weighted by Crippen LogP contribution is -2.37. The summed E-state index contributed by atoms with van der Waals surface area (Å²) in [5, 5.41) is 9.29. The summed E-state index contributed by atoms with van der Waals surface area (Å²) in [7, 11) is 1.45. The Balaban J connectivity index is 2.88. The number of aromatic nitrogens is 2. The van der Waals surface area contributed by atoms with Gasteiger partial charge in [-0.15, -0.1) is 6.58 Å². The number of nitrogens with zero attached hydrogens (tertiary/aromatic N) is 3. The molecule has 0 aliphatic heterocycles. The monoisotopic (exact) mass is 289 g/mol.